The van der Waals surface area contributed by atoms with Gasteiger partial charge in [0, 0.05) is 6.07 Å². The van der Waals surface area contributed by atoms with Crippen molar-refractivity contribution in [2.24, 2.45) is 0 Å². The van der Waals surface area contributed by atoms with Gasteiger partial charge >= 0.3 is 18.3 Å². The molecule has 1 aromatic carbocycles. The highest BCUT2D eigenvalue weighted by atomic mass is 19.4. The highest BCUT2D eigenvalue weighted by molar-refractivity contribution is 6.03. The zero-order valence-electron chi connectivity index (χ0n) is 15.5. The first-order valence-corrected chi connectivity index (χ1v) is 8.44. The van der Waals surface area contributed by atoms with Crippen molar-refractivity contribution in [2.75, 3.05) is 5.32 Å². The van der Waals surface area contributed by atoms with Crippen LogP contribution in [0.4, 0.5) is 32.3 Å². The summed E-state index contributed by atoms with van der Waals surface area (Å²) >= 11 is 0. The van der Waals surface area contributed by atoms with E-state index in [-0.39, 0.29) is 27.3 Å². The van der Waals surface area contributed by atoms with Crippen molar-refractivity contribution in [1.29, 1.82) is 5.26 Å². The Morgan fingerprint density at radius 3 is 2.41 bits per heavy atom. The van der Waals surface area contributed by atoms with Gasteiger partial charge in [0.2, 0.25) is 5.95 Å². The monoisotopic (exact) mass is 460 g/mol. The molecule has 0 fully saturated rings. The molecule has 168 valence electrons. The van der Waals surface area contributed by atoms with Crippen LogP contribution in [0.2, 0.25) is 0 Å². The second-order valence-electron chi connectivity index (χ2n) is 6.37. The molecule has 2 aromatic heterocycles. The van der Waals surface area contributed by atoms with Gasteiger partial charge in [-0.2, -0.15) is 36.7 Å². The van der Waals surface area contributed by atoms with Crippen molar-refractivity contribution in [3.8, 4) is 6.07 Å². The number of aromatic nitrogens is 4. The number of nitriles is 1. The van der Waals surface area contributed by atoms with E-state index in [2.05, 4.69) is 10.1 Å². The van der Waals surface area contributed by atoms with E-state index in [4.69, 9.17) is 10.4 Å². The standard InChI is InChI=1S/C17H10F6N6O3/c18-16(19,20)7-28-10-3-8(5-24)1-2-9(10)25-15(28)26-14(32)11-4-12(17(21,22)23)27-29(11)6-13(30)31/h1-4H,6-7H2,(H,30,31)(H,25,26,32). The fourth-order valence-corrected chi connectivity index (χ4v) is 2.78. The molecule has 0 atom stereocenters. The summed E-state index contributed by atoms with van der Waals surface area (Å²) in [6.45, 7) is -2.74. The second kappa shape index (κ2) is 7.87. The van der Waals surface area contributed by atoms with Crippen LogP contribution in [-0.2, 0) is 24.1 Å². The van der Waals surface area contributed by atoms with Crippen molar-refractivity contribution in [3.63, 3.8) is 0 Å². The molecule has 0 aliphatic carbocycles. The quantitative estimate of drug-likeness (QED) is 0.564. The van der Waals surface area contributed by atoms with E-state index in [1.54, 1.807) is 6.07 Å². The van der Waals surface area contributed by atoms with Gasteiger partial charge in [0.1, 0.15) is 18.8 Å². The van der Waals surface area contributed by atoms with Crippen molar-refractivity contribution >= 4 is 28.9 Å². The van der Waals surface area contributed by atoms with Gasteiger partial charge in [0.15, 0.2) is 5.69 Å². The Balaban J connectivity index is 2.07. The summed E-state index contributed by atoms with van der Waals surface area (Å²) in [7, 11) is 0. The Labute approximate surface area is 173 Å². The number of rotatable bonds is 5. The summed E-state index contributed by atoms with van der Waals surface area (Å²) in [6.07, 6.45) is -9.78. The molecule has 0 spiro atoms. The number of carboxylic acids is 1. The minimum atomic E-state index is -5.00. The van der Waals surface area contributed by atoms with E-state index in [9.17, 15) is 35.9 Å². The van der Waals surface area contributed by atoms with Gasteiger partial charge in [-0.1, -0.05) is 0 Å². The molecule has 0 aliphatic heterocycles. The SMILES string of the molecule is N#Cc1ccc2nc(NC(=O)c3cc(C(F)(F)F)nn3CC(=O)O)n(CC(F)(F)F)c2c1. The summed E-state index contributed by atoms with van der Waals surface area (Å²) < 4.78 is 78.9. The third-order valence-corrected chi connectivity index (χ3v) is 4.03. The van der Waals surface area contributed by atoms with E-state index in [0.717, 1.165) is 6.07 Å². The van der Waals surface area contributed by atoms with Crippen LogP contribution < -0.4 is 5.32 Å². The Morgan fingerprint density at radius 2 is 1.84 bits per heavy atom. The number of amides is 1. The smallest absolute Gasteiger partial charge is 0.435 e. The third-order valence-electron chi connectivity index (χ3n) is 4.03. The van der Waals surface area contributed by atoms with Crippen molar-refractivity contribution in [2.45, 2.75) is 25.4 Å². The fourth-order valence-electron chi connectivity index (χ4n) is 2.78. The van der Waals surface area contributed by atoms with E-state index < -0.39 is 54.7 Å². The van der Waals surface area contributed by atoms with Crippen LogP contribution in [0.1, 0.15) is 21.7 Å². The average molecular weight is 460 g/mol. The minimum Gasteiger partial charge on any atom is -0.480 e. The number of hydrogen-bond donors (Lipinski definition) is 2. The minimum absolute atomic E-state index is 0.00746. The second-order valence-corrected chi connectivity index (χ2v) is 6.37. The van der Waals surface area contributed by atoms with Crippen molar-refractivity contribution in [3.05, 3.63) is 41.2 Å². The molecule has 0 saturated heterocycles. The van der Waals surface area contributed by atoms with Gasteiger partial charge in [-0.3, -0.25) is 14.9 Å². The molecule has 32 heavy (non-hydrogen) atoms. The van der Waals surface area contributed by atoms with Crippen LogP contribution in [-0.4, -0.2) is 42.5 Å². The van der Waals surface area contributed by atoms with Crippen LogP contribution in [0.25, 0.3) is 11.0 Å². The maximum absolute atomic E-state index is 13.1. The molecule has 0 radical (unpaired) electrons. The first-order valence-electron chi connectivity index (χ1n) is 8.44. The Hall–Kier alpha value is -4.09. The molecule has 0 unspecified atom stereocenters. The molecule has 0 saturated carbocycles. The molecule has 15 heteroatoms. The first-order chi connectivity index (χ1) is 14.8. The number of alkyl halides is 6. The van der Waals surface area contributed by atoms with Crippen molar-refractivity contribution < 1.29 is 41.0 Å². The van der Waals surface area contributed by atoms with E-state index >= 15 is 0 Å². The molecule has 0 aliphatic rings. The molecule has 1 amide bonds. The van der Waals surface area contributed by atoms with E-state index in [0.29, 0.717) is 4.57 Å². The summed E-state index contributed by atoms with van der Waals surface area (Å²) in [5, 5.41) is 22.8. The number of halogens is 6. The number of aliphatic carboxylic acids is 1. The number of fused-ring (bicyclic) bond motifs is 1. The van der Waals surface area contributed by atoms with E-state index in [1.165, 1.54) is 12.1 Å². The van der Waals surface area contributed by atoms with E-state index in [1.807, 2.05) is 5.32 Å². The van der Waals surface area contributed by atoms with Gasteiger partial charge in [-0.15, -0.1) is 0 Å². The number of nitrogens with one attached hydrogen (secondary N) is 1. The predicted molar refractivity (Wildman–Crippen MR) is 93.3 cm³/mol. The molecule has 2 N–H and O–H groups in total. The number of hydrogen-bond acceptors (Lipinski definition) is 5. The highest BCUT2D eigenvalue weighted by Crippen LogP contribution is 2.30. The molecule has 9 nitrogen and oxygen atoms in total. The number of carboxylic acid groups (broad SMARTS) is 1. The van der Waals surface area contributed by atoms with Crippen LogP contribution in [0.3, 0.4) is 0 Å². The van der Waals surface area contributed by atoms with Gasteiger partial charge in [0.25, 0.3) is 5.91 Å². The number of carbonyl (C=O) groups is 2. The number of imidazole rings is 1. The zero-order valence-corrected chi connectivity index (χ0v) is 15.5. The van der Waals surface area contributed by atoms with Gasteiger partial charge in [-0.05, 0) is 18.2 Å². The zero-order chi connectivity index (χ0) is 23.8. The summed E-state index contributed by atoms with van der Waals surface area (Å²) in [4.78, 5) is 27.3. The Kier molecular flexibility index (Phi) is 5.56. The predicted octanol–water partition coefficient (Wildman–Crippen LogP) is 3.02. The third kappa shape index (κ3) is 4.79. The molecule has 3 aromatic rings. The molecule has 3 rings (SSSR count). The maximum Gasteiger partial charge on any atom is 0.435 e. The number of carbonyl (C=O) groups excluding carboxylic acids is 1. The highest BCUT2D eigenvalue weighted by Gasteiger charge is 2.36. The largest absolute Gasteiger partial charge is 0.480 e. The molecule has 0 bridgehead atoms. The van der Waals surface area contributed by atoms with Crippen LogP contribution in [0.5, 0.6) is 0 Å². The molecule has 2 heterocycles. The van der Waals surface area contributed by atoms with Crippen LogP contribution >= 0.6 is 0 Å². The average Bonchev–Trinajstić information content (AvgIpc) is 3.21. The summed E-state index contributed by atoms with van der Waals surface area (Å²) in [5.41, 5.74) is -2.60. The number of nitrogens with zero attached hydrogens (tertiary/aromatic N) is 5. The van der Waals surface area contributed by atoms with Gasteiger partial charge < -0.3 is 9.67 Å². The Bertz CT molecular complexity index is 1250. The topological polar surface area (TPSA) is 126 Å². The van der Waals surface area contributed by atoms with Gasteiger partial charge in [-0.25, -0.2) is 9.67 Å². The number of anilines is 1. The number of benzene rings is 1. The Morgan fingerprint density at radius 1 is 1.16 bits per heavy atom. The lowest BCUT2D eigenvalue weighted by atomic mass is 10.2. The van der Waals surface area contributed by atoms with Gasteiger partial charge in [0.05, 0.1) is 22.7 Å². The molecular formula is C17H10F6N6O3. The fraction of sp³-hybridized carbons (Fsp3) is 0.235. The normalized spacial score (nSPS) is 12.0. The lowest BCUT2D eigenvalue weighted by molar-refractivity contribution is -0.143. The summed E-state index contributed by atoms with van der Waals surface area (Å²) in [6, 6.07) is 5.61. The van der Waals surface area contributed by atoms with Crippen LogP contribution in [0, 0.1) is 11.3 Å². The maximum atomic E-state index is 13.1. The lowest BCUT2D eigenvalue weighted by Gasteiger charge is -2.12. The first kappa shape index (κ1) is 22.6. The van der Waals surface area contributed by atoms with Crippen molar-refractivity contribution in [1.82, 2.24) is 19.3 Å². The van der Waals surface area contributed by atoms with Crippen LogP contribution in [0.15, 0.2) is 24.3 Å². The lowest BCUT2D eigenvalue weighted by Crippen LogP contribution is -2.24. The summed E-state index contributed by atoms with van der Waals surface area (Å²) in [5.74, 6) is -3.65. The molecular weight excluding hydrogens is 450 g/mol.